The van der Waals surface area contributed by atoms with Crippen molar-refractivity contribution in [1.82, 2.24) is 14.5 Å². The molecule has 0 spiro atoms. The van der Waals surface area contributed by atoms with E-state index < -0.39 is 0 Å². The number of anilines is 1. The zero-order chi connectivity index (χ0) is 20.3. The van der Waals surface area contributed by atoms with Gasteiger partial charge in [-0.05, 0) is 58.9 Å². The summed E-state index contributed by atoms with van der Waals surface area (Å²) >= 11 is 6.41. The minimum atomic E-state index is -0.179. The van der Waals surface area contributed by atoms with Crippen molar-refractivity contribution < 1.29 is 4.74 Å². The minimum Gasteiger partial charge on any atom is -0.374 e. The summed E-state index contributed by atoms with van der Waals surface area (Å²) < 4.78 is 8.12. The molecule has 150 valence electrons. The van der Waals surface area contributed by atoms with E-state index in [-0.39, 0.29) is 5.60 Å². The molecule has 0 atom stereocenters. The van der Waals surface area contributed by atoms with Crippen LogP contribution < -0.4 is 4.90 Å². The first-order chi connectivity index (χ1) is 13.3. The molecule has 1 aromatic carbocycles. The maximum absolute atomic E-state index is 6.41. The molecule has 2 heterocycles. The van der Waals surface area contributed by atoms with Gasteiger partial charge in [0.25, 0.3) is 0 Å². The Hall–Kier alpha value is -2.11. The van der Waals surface area contributed by atoms with E-state index in [4.69, 9.17) is 21.3 Å². The van der Waals surface area contributed by atoms with Crippen molar-refractivity contribution in [3.8, 4) is 11.4 Å². The molecule has 0 N–H and O–H groups in total. The number of nitrogens with zero attached hydrogens (tertiary/aromatic N) is 4. The van der Waals surface area contributed by atoms with E-state index in [0.717, 1.165) is 41.3 Å². The Morgan fingerprint density at radius 1 is 1.11 bits per heavy atom. The van der Waals surface area contributed by atoms with Crippen LogP contribution in [0.4, 0.5) is 5.82 Å². The molecule has 2 aromatic heterocycles. The van der Waals surface area contributed by atoms with Gasteiger partial charge in [0.05, 0.1) is 22.7 Å². The third-order valence-corrected chi connectivity index (χ3v) is 4.98. The fourth-order valence-electron chi connectivity index (χ4n) is 3.26. The Morgan fingerprint density at radius 2 is 1.86 bits per heavy atom. The average molecular weight is 401 g/mol. The normalized spacial score (nSPS) is 11.9. The number of para-hydroxylation sites is 1. The smallest absolute Gasteiger partial charge is 0.142 e. The third-order valence-electron chi connectivity index (χ3n) is 4.67. The lowest BCUT2D eigenvalue weighted by molar-refractivity contribution is -0.00635. The quantitative estimate of drug-likeness (QED) is 0.531. The van der Waals surface area contributed by atoms with Crippen LogP contribution in [0.15, 0.2) is 36.5 Å². The summed E-state index contributed by atoms with van der Waals surface area (Å²) in [5.74, 6) is 1.84. The van der Waals surface area contributed by atoms with Gasteiger partial charge in [0, 0.05) is 31.4 Å². The molecular formula is C22H29ClN4O. The number of hydrogen-bond donors (Lipinski definition) is 0. The van der Waals surface area contributed by atoms with Gasteiger partial charge in [0.1, 0.15) is 17.2 Å². The van der Waals surface area contributed by atoms with Crippen molar-refractivity contribution in [2.75, 3.05) is 24.6 Å². The summed E-state index contributed by atoms with van der Waals surface area (Å²) in [5.41, 5.74) is 2.61. The number of aromatic nitrogens is 3. The molecule has 3 rings (SSSR count). The van der Waals surface area contributed by atoms with E-state index in [1.807, 2.05) is 24.4 Å². The molecule has 5 nitrogen and oxygen atoms in total. The van der Waals surface area contributed by atoms with Crippen LogP contribution in [-0.2, 0) is 11.3 Å². The van der Waals surface area contributed by atoms with E-state index in [0.29, 0.717) is 18.2 Å². The fraction of sp³-hybridized carbons (Fsp3) is 0.455. The van der Waals surface area contributed by atoms with E-state index in [9.17, 15) is 0 Å². The molecule has 0 unspecified atom stereocenters. The van der Waals surface area contributed by atoms with Crippen LogP contribution in [-0.4, -0.2) is 39.8 Å². The summed E-state index contributed by atoms with van der Waals surface area (Å²) in [7, 11) is 0. The van der Waals surface area contributed by atoms with E-state index in [2.05, 4.69) is 61.2 Å². The molecule has 0 aliphatic heterocycles. The molecule has 6 heteroatoms. The Kier molecular flexibility index (Phi) is 6.26. The highest BCUT2D eigenvalue weighted by Crippen LogP contribution is 2.29. The number of pyridine rings is 1. The zero-order valence-corrected chi connectivity index (χ0v) is 18.1. The lowest BCUT2D eigenvalue weighted by Gasteiger charge is -2.21. The fourth-order valence-corrected chi connectivity index (χ4v) is 3.47. The molecule has 0 saturated carbocycles. The second-order valence-corrected chi connectivity index (χ2v) is 8.14. The molecule has 0 radical (unpaired) electrons. The third kappa shape index (κ3) is 4.47. The first-order valence-corrected chi connectivity index (χ1v) is 10.2. The molecule has 28 heavy (non-hydrogen) atoms. The van der Waals surface area contributed by atoms with Gasteiger partial charge in [0.2, 0.25) is 0 Å². The summed E-state index contributed by atoms with van der Waals surface area (Å²) in [6.07, 6.45) is 1.89. The predicted molar refractivity (Wildman–Crippen MR) is 117 cm³/mol. The van der Waals surface area contributed by atoms with Gasteiger partial charge in [-0.2, -0.15) is 0 Å². The number of hydrogen-bond acceptors (Lipinski definition) is 4. The summed E-state index contributed by atoms with van der Waals surface area (Å²) in [6, 6.07) is 10.0. The lowest BCUT2D eigenvalue weighted by atomic mass is 10.2. The van der Waals surface area contributed by atoms with Gasteiger partial charge in [-0.1, -0.05) is 17.7 Å². The van der Waals surface area contributed by atoms with Crippen LogP contribution >= 0.6 is 11.6 Å². The van der Waals surface area contributed by atoms with Gasteiger partial charge < -0.3 is 14.2 Å². The highest BCUT2D eigenvalue weighted by Gasteiger charge is 2.17. The second kappa shape index (κ2) is 8.50. The molecule has 0 aliphatic rings. The van der Waals surface area contributed by atoms with Crippen LogP contribution in [0.2, 0.25) is 5.02 Å². The van der Waals surface area contributed by atoms with Crippen LogP contribution in [0.25, 0.3) is 22.4 Å². The first kappa shape index (κ1) is 20.6. The maximum Gasteiger partial charge on any atom is 0.142 e. The summed E-state index contributed by atoms with van der Waals surface area (Å²) in [5, 5.41) is 0.655. The predicted octanol–water partition coefficient (Wildman–Crippen LogP) is 5.41. The largest absolute Gasteiger partial charge is 0.374 e. The number of benzene rings is 1. The number of fused-ring (bicyclic) bond motifs is 1. The maximum atomic E-state index is 6.41. The van der Waals surface area contributed by atoms with Crippen LogP contribution in [0.1, 0.15) is 34.6 Å². The number of ether oxygens (including phenoxy) is 1. The molecule has 0 aliphatic carbocycles. The topological polar surface area (TPSA) is 43.2 Å². The van der Waals surface area contributed by atoms with Gasteiger partial charge in [-0.3, -0.25) is 0 Å². The van der Waals surface area contributed by atoms with E-state index >= 15 is 0 Å². The van der Waals surface area contributed by atoms with Gasteiger partial charge in [-0.15, -0.1) is 0 Å². The van der Waals surface area contributed by atoms with Crippen LogP contribution in [0.5, 0.6) is 0 Å². The van der Waals surface area contributed by atoms with Crippen molar-refractivity contribution in [3.63, 3.8) is 0 Å². The number of rotatable bonds is 7. The zero-order valence-electron chi connectivity index (χ0n) is 17.4. The Balaban J connectivity index is 1.99. The minimum absolute atomic E-state index is 0.179. The standard InChI is InChI=1S/C22H29ClN4O/c1-6-26(7-2)19-12-11-16(15-24-19)21-25-20-17(23)9-8-10-18(20)27(21)13-14-28-22(3,4)5/h8-12,15H,6-7,13-14H2,1-5H3. The summed E-state index contributed by atoms with van der Waals surface area (Å²) in [6.45, 7) is 13.6. The van der Waals surface area contributed by atoms with Crippen molar-refractivity contribution in [1.29, 1.82) is 0 Å². The van der Waals surface area contributed by atoms with Gasteiger partial charge >= 0.3 is 0 Å². The molecule has 0 saturated heterocycles. The first-order valence-electron chi connectivity index (χ1n) is 9.84. The Morgan fingerprint density at radius 3 is 2.46 bits per heavy atom. The molecule has 0 fully saturated rings. The Bertz CT molecular complexity index is 924. The average Bonchev–Trinajstić information content (AvgIpc) is 3.02. The van der Waals surface area contributed by atoms with Crippen molar-refractivity contribution >= 4 is 28.5 Å². The molecular weight excluding hydrogens is 372 g/mol. The van der Waals surface area contributed by atoms with Crippen molar-refractivity contribution in [2.45, 2.75) is 46.8 Å². The highest BCUT2D eigenvalue weighted by atomic mass is 35.5. The van der Waals surface area contributed by atoms with Crippen LogP contribution in [0.3, 0.4) is 0 Å². The molecule has 0 amide bonds. The van der Waals surface area contributed by atoms with Gasteiger partial charge in [0.15, 0.2) is 0 Å². The van der Waals surface area contributed by atoms with E-state index in [1.165, 1.54) is 0 Å². The monoisotopic (exact) mass is 400 g/mol. The summed E-state index contributed by atoms with van der Waals surface area (Å²) in [4.78, 5) is 11.7. The van der Waals surface area contributed by atoms with Crippen LogP contribution in [0, 0.1) is 0 Å². The molecule has 0 bridgehead atoms. The van der Waals surface area contributed by atoms with Gasteiger partial charge in [-0.25, -0.2) is 9.97 Å². The lowest BCUT2D eigenvalue weighted by Crippen LogP contribution is -2.23. The SMILES string of the molecule is CCN(CC)c1ccc(-c2nc3c(Cl)cccc3n2CCOC(C)(C)C)cn1. The van der Waals surface area contributed by atoms with Crippen molar-refractivity contribution in [2.24, 2.45) is 0 Å². The number of halogens is 1. The molecule has 3 aromatic rings. The van der Waals surface area contributed by atoms with Crippen molar-refractivity contribution in [3.05, 3.63) is 41.6 Å². The second-order valence-electron chi connectivity index (χ2n) is 7.73. The Labute approximate surface area is 172 Å². The number of imidazole rings is 1. The van der Waals surface area contributed by atoms with E-state index in [1.54, 1.807) is 0 Å². The highest BCUT2D eigenvalue weighted by molar-refractivity contribution is 6.35.